The number of aliphatic imine (C=N–C) groups is 1. The molecular weight excluding hydrogens is 517 g/mol. The summed E-state index contributed by atoms with van der Waals surface area (Å²) in [7, 11) is 3.63. The van der Waals surface area contributed by atoms with Crippen LogP contribution >= 0.6 is 24.0 Å². The second-order valence-corrected chi connectivity index (χ2v) is 8.16. The van der Waals surface area contributed by atoms with Crippen LogP contribution in [0.3, 0.4) is 0 Å². The number of ether oxygens (including phenoxy) is 1. The highest BCUT2D eigenvalue weighted by molar-refractivity contribution is 14.0. The molecule has 1 aliphatic rings. The summed E-state index contributed by atoms with van der Waals surface area (Å²) in [6, 6.07) is 10.5. The van der Waals surface area contributed by atoms with E-state index in [1.54, 1.807) is 11.9 Å². The van der Waals surface area contributed by atoms with Crippen LogP contribution in [0.2, 0.25) is 0 Å². The third-order valence-electron chi connectivity index (χ3n) is 6.13. The summed E-state index contributed by atoms with van der Waals surface area (Å²) in [4.78, 5) is 21.1. The predicted octanol–water partition coefficient (Wildman–Crippen LogP) is 2.96. The average Bonchev–Trinajstić information content (AvgIpc) is 2.81. The highest BCUT2D eigenvalue weighted by atomic mass is 127. The van der Waals surface area contributed by atoms with Crippen LogP contribution in [0.25, 0.3) is 0 Å². The standard InChI is InChI=1S/C24H41N5O2.HI/c1-5-21(6-2)22(29-14-16-31-17-15-29)18-27-24(25-3)26-13-12-23(30)28(4)19-20-10-8-7-9-11-20;/h7-11,21-22H,5-6,12-19H2,1-4H3,(H2,25,26,27);1H. The number of benzene rings is 1. The van der Waals surface area contributed by atoms with Crippen LogP contribution in [0, 0.1) is 5.92 Å². The number of carbonyl (C=O) groups is 1. The van der Waals surface area contributed by atoms with Crippen molar-refractivity contribution in [3.63, 3.8) is 0 Å². The van der Waals surface area contributed by atoms with Crippen molar-refractivity contribution in [2.24, 2.45) is 10.9 Å². The molecule has 1 amide bonds. The predicted molar refractivity (Wildman–Crippen MR) is 143 cm³/mol. The van der Waals surface area contributed by atoms with Gasteiger partial charge in [-0.2, -0.15) is 0 Å². The molecule has 7 nitrogen and oxygen atoms in total. The lowest BCUT2D eigenvalue weighted by molar-refractivity contribution is -0.130. The third kappa shape index (κ3) is 9.62. The van der Waals surface area contributed by atoms with Gasteiger partial charge >= 0.3 is 0 Å². The summed E-state index contributed by atoms with van der Waals surface area (Å²) in [5.74, 6) is 1.51. The summed E-state index contributed by atoms with van der Waals surface area (Å²) < 4.78 is 5.54. The minimum atomic E-state index is 0. The molecule has 0 radical (unpaired) electrons. The van der Waals surface area contributed by atoms with E-state index in [9.17, 15) is 4.79 Å². The summed E-state index contributed by atoms with van der Waals surface area (Å²) in [6.07, 6.45) is 2.76. The summed E-state index contributed by atoms with van der Waals surface area (Å²) in [6.45, 7) is 10.2. The van der Waals surface area contributed by atoms with Crippen LogP contribution in [0.1, 0.15) is 38.7 Å². The maximum Gasteiger partial charge on any atom is 0.224 e. The van der Waals surface area contributed by atoms with Gasteiger partial charge in [0.2, 0.25) is 5.91 Å². The van der Waals surface area contributed by atoms with Crippen molar-refractivity contribution in [3.05, 3.63) is 35.9 Å². The average molecular weight is 560 g/mol. The van der Waals surface area contributed by atoms with Gasteiger partial charge in [-0.1, -0.05) is 57.0 Å². The Morgan fingerprint density at radius 1 is 1.16 bits per heavy atom. The molecule has 8 heteroatoms. The smallest absolute Gasteiger partial charge is 0.224 e. The topological polar surface area (TPSA) is 69.2 Å². The molecule has 0 spiro atoms. The lowest BCUT2D eigenvalue weighted by Crippen LogP contribution is -2.53. The van der Waals surface area contributed by atoms with Gasteiger partial charge in [-0.25, -0.2) is 0 Å². The zero-order valence-electron chi connectivity index (χ0n) is 20.2. The molecule has 1 aromatic carbocycles. The van der Waals surface area contributed by atoms with Gasteiger partial charge in [-0.05, 0) is 11.5 Å². The molecule has 0 saturated carbocycles. The normalized spacial score (nSPS) is 15.7. The van der Waals surface area contributed by atoms with Gasteiger partial charge in [0.1, 0.15) is 0 Å². The fourth-order valence-electron chi connectivity index (χ4n) is 4.18. The molecule has 1 aliphatic heterocycles. The van der Waals surface area contributed by atoms with Gasteiger partial charge < -0.3 is 20.3 Å². The largest absolute Gasteiger partial charge is 0.379 e. The van der Waals surface area contributed by atoms with Crippen LogP contribution in [-0.4, -0.2) is 81.2 Å². The fourth-order valence-corrected chi connectivity index (χ4v) is 4.18. The molecule has 1 fully saturated rings. The number of morpholine rings is 1. The minimum absolute atomic E-state index is 0. The maximum absolute atomic E-state index is 12.5. The number of nitrogens with zero attached hydrogens (tertiary/aromatic N) is 3. The van der Waals surface area contributed by atoms with E-state index in [0.717, 1.165) is 57.2 Å². The van der Waals surface area contributed by atoms with E-state index in [1.165, 1.54) is 0 Å². The SMILES string of the molecule is CCC(CC)C(CNC(=NC)NCCC(=O)N(C)Cc1ccccc1)N1CCOCC1.I. The van der Waals surface area contributed by atoms with E-state index >= 15 is 0 Å². The number of rotatable bonds is 11. The fraction of sp³-hybridized carbons (Fsp3) is 0.667. The molecule has 0 aliphatic carbocycles. The number of carbonyl (C=O) groups excluding carboxylic acids is 1. The molecule has 1 heterocycles. The molecule has 1 unspecified atom stereocenters. The van der Waals surface area contributed by atoms with Crippen LogP contribution in [0.4, 0.5) is 0 Å². The van der Waals surface area contributed by atoms with E-state index in [-0.39, 0.29) is 29.9 Å². The van der Waals surface area contributed by atoms with Crippen molar-refractivity contribution in [2.45, 2.75) is 45.7 Å². The minimum Gasteiger partial charge on any atom is -0.379 e. The van der Waals surface area contributed by atoms with Gasteiger partial charge in [0.05, 0.1) is 13.2 Å². The van der Waals surface area contributed by atoms with Crippen LogP contribution in [-0.2, 0) is 16.1 Å². The Kier molecular flexibility index (Phi) is 14.6. The summed E-state index contributed by atoms with van der Waals surface area (Å²) in [5, 5.41) is 6.79. The molecule has 1 atom stereocenters. The van der Waals surface area contributed by atoms with Crippen molar-refractivity contribution < 1.29 is 9.53 Å². The lowest BCUT2D eigenvalue weighted by Gasteiger charge is -2.39. The quantitative estimate of drug-likeness (QED) is 0.248. The Morgan fingerprint density at radius 2 is 1.81 bits per heavy atom. The molecule has 0 aromatic heterocycles. The van der Waals surface area contributed by atoms with Crippen molar-refractivity contribution in [1.29, 1.82) is 0 Å². The maximum atomic E-state index is 12.5. The monoisotopic (exact) mass is 559 g/mol. The molecule has 2 N–H and O–H groups in total. The molecule has 0 bridgehead atoms. The number of nitrogens with one attached hydrogen (secondary N) is 2. The Bertz CT molecular complexity index is 664. The van der Waals surface area contributed by atoms with E-state index in [4.69, 9.17) is 4.74 Å². The second-order valence-electron chi connectivity index (χ2n) is 8.16. The first kappa shape index (κ1) is 28.6. The van der Waals surface area contributed by atoms with Crippen LogP contribution < -0.4 is 10.6 Å². The van der Waals surface area contributed by atoms with Crippen LogP contribution in [0.15, 0.2) is 35.3 Å². The Labute approximate surface area is 211 Å². The van der Waals surface area contributed by atoms with E-state index in [0.29, 0.717) is 31.5 Å². The number of halogens is 1. The van der Waals surface area contributed by atoms with Gasteiger partial charge in [-0.15, -0.1) is 24.0 Å². The first-order valence-corrected chi connectivity index (χ1v) is 11.6. The van der Waals surface area contributed by atoms with Gasteiger partial charge in [0, 0.05) is 59.3 Å². The van der Waals surface area contributed by atoms with Crippen molar-refractivity contribution in [1.82, 2.24) is 20.4 Å². The lowest BCUT2D eigenvalue weighted by atomic mass is 9.92. The Balaban J connectivity index is 0.00000512. The van der Waals surface area contributed by atoms with Crippen molar-refractivity contribution in [2.75, 3.05) is 53.5 Å². The molecule has 2 rings (SSSR count). The Hall–Kier alpha value is -1.39. The van der Waals surface area contributed by atoms with Crippen LogP contribution in [0.5, 0.6) is 0 Å². The second kappa shape index (κ2) is 16.3. The molecule has 182 valence electrons. The van der Waals surface area contributed by atoms with Crippen molar-refractivity contribution in [3.8, 4) is 0 Å². The highest BCUT2D eigenvalue weighted by Crippen LogP contribution is 2.19. The molecular formula is C24H42IN5O2. The van der Waals surface area contributed by atoms with E-state index in [1.807, 2.05) is 37.4 Å². The summed E-state index contributed by atoms with van der Waals surface area (Å²) >= 11 is 0. The van der Waals surface area contributed by atoms with Gasteiger partial charge in [0.25, 0.3) is 0 Å². The number of guanidine groups is 1. The van der Waals surface area contributed by atoms with Crippen molar-refractivity contribution >= 4 is 35.8 Å². The molecule has 1 aromatic rings. The first-order valence-electron chi connectivity index (χ1n) is 11.6. The first-order chi connectivity index (χ1) is 15.1. The zero-order valence-corrected chi connectivity index (χ0v) is 22.5. The van der Waals surface area contributed by atoms with Gasteiger partial charge in [-0.3, -0.25) is 14.7 Å². The molecule has 32 heavy (non-hydrogen) atoms. The van der Waals surface area contributed by atoms with Gasteiger partial charge in [0.15, 0.2) is 5.96 Å². The zero-order chi connectivity index (χ0) is 22.5. The molecule has 1 saturated heterocycles. The summed E-state index contributed by atoms with van der Waals surface area (Å²) in [5.41, 5.74) is 1.14. The highest BCUT2D eigenvalue weighted by Gasteiger charge is 2.27. The van der Waals surface area contributed by atoms with E-state index in [2.05, 4.69) is 34.4 Å². The van der Waals surface area contributed by atoms with E-state index < -0.39 is 0 Å². The number of amides is 1. The number of hydrogen-bond acceptors (Lipinski definition) is 4. The number of hydrogen-bond donors (Lipinski definition) is 2. The Morgan fingerprint density at radius 3 is 2.41 bits per heavy atom. The third-order valence-corrected chi connectivity index (χ3v) is 6.13.